The first kappa shape index (κ1) is 12.9. The van der Waals surface area contributed by atoms with Gasteiger partial charge in [0.15, 0.2) is 0 Å². The summed E-state index contributed by atoms with van der Waals surface area (Å²) in [6.07, 6.45) is 2.55. The predicted molar refractivity (Wildman–Crippen MR) is 68.6 cm³/mol. The van der Waals surface area contributed by atoms with Gasteiger partial charge >= 0.3 is 0 Å². The first-order valence-electron chi connectivity index (χ1n) is 6.90. The molecule has 1 aromatic rings. The van der Waals surface area contributed by atoms with Crippen LogP contribution in [0.5, 0.6) is 5.75 Å². The Bertz CT molecular complexity index is 476. The monoisotopic (exact) mass is 266 g/mol. The predicted octanol–water partition coefficient (Wildman–Crippen LogP) is 2.97. The Morgan fingerprint density at radius 3 is 3.05 bits per heavy atom. The van der Waals surface area contributed by atoms with Crippen molar-refractivity contribution in [3.05, 3.63) is 29.6 Å². The number of rotatable bonds is 1. The smallest absolute Gasteiger partial charge is 0.126 e. The van der Waals surface area contributed by atoms with Gasteiger partial charge in [-0.05, 0) is 24.6 Å². The van der Waals surface area contributed by atoms with Crippen LogP contribution in [0.15, 0.2) is 18.2 Å². The summed E-state index contributed by atoms with van der Waals surface area (Å²) in [6.45, 7) is 2.74. The molecular formula is C15H19FO3. The molecule has 1 N–H and O–H groups in total. The minimum absolute atomic E-state index is 0.183. The van der Waals surface area contributed by atoms with Crippen molar-refractivity contribution in [3.8, 4) is 5.75 Å². The number of hydrogen-bond acceptors (Lipinski definition) is 3. The van der Waals surface area contributed by atoms with Crippen molar-refractivity contribution in [2.24, 2.45) is 0 Å². The summed E-state index contributed by atoms with van der Waals surface area (Å²) >= 11 is 0. The van der Waals surface area contributed by atoms with Gasteiger partial charge in [-0.15, -0.1) is 0 Å². The molecule has 104 valence electrons. The molecule has 3 atom stereocenters. The Labute approximate surface area is 112 Å². The van der Waals surface area contributed by atoms with Gasteiger partial charge in [-0.25, -0.2) is 4.39 Å². The van der Waals surface area contributed by atoms with E-state index in [9.17, 15) is 9.50 Å². The number of benzene rings is 1. The molecule has 2 aliphatic rings. The fourth-order valence-corrected chi connectivity index (χ4v) is 3.14. The summed E-state index contributed by atoms with van der Waals surface area (Å²) in [5, 5.41) is 10.3. The zero-order chi connectivity index (χ0) is 13.5. The van der Waals surface area contributed by atoms with Crippen LogP contribution >= 0.6 is 0 Å². The SMILES string of the molecule is CCC1CC2(CCO1)CC(O)c1cc(F)ccc1O2. The van der Waals surface area contributed by atoms with Crippen LogP contribution < -0.4 is 4.74 Å². The van der Waals surface area contributed by atoms with Gasteiger partial charge in [-0.1, -0.05) is 6.92 Å². The molecular weight excluding hydrogens is 247 g/mol. The zero-order valence-electron chi connectivity index (χ0n) is 11.1. The molecule has 0 aromatic heterocycles. The molecule has 0 amide bonds. The van der Waals surface area contributed by atoms with Gasteiger partial charge in [-0.2, -0.15) is 0 Å². The van der Waals surface area contributed by atoms with E-state index < -0.39 is 6.10 Å². The highest BCUT2D eigenvalue weighted by molar-refractivity contribution is 5.38. The molecule has 0 bridgehead atoms. The van der Waals surface area contributed by atoms with Crippen molar-refractivity contribution >= 4 is 0 Å². The summed E-state index contributed by atoms with van der Waals surface area (Å²) in [6, 6.07) is 4.36. The fraction of sp³-hybridized carbons (Fsp3) is 0.600. The van der Waals surface area contributed by atoms with Crippen LogP contribution in [0, 0.1) is 5.82 Å². The molecule has 1 aromatic carbocycles. The number of aliphatic hydroxyl groups is 1. The fourth-order valence-electron chi connectivity index (χ4n) is 3.14. The number of fused-ring (bicyclic) bond motifs is 1. The topological polar surface area (TPSA) is 38.7 Å². The summed E-state index contributed by atoms with van der Waals surface area (Å²) in [5.41, 5.74) is 0.202. The van der Waals surface area contributed by atoms with Crippen molar-refractivity contribution in [3.63, 3.8) is 0 Å². The van der Waals surface area contributed by atoms with Crippen LogP contribution in [-0.2, 0) is 4.74 Å². The van der Waals surface area contributed by atoms with Gasteiger partial charge in [0.1, 0.15) is 17.2 Å². The van der Waals surface area contributed by atoms with Crippen molar-refractivity contribution in [2.75, 3.05) is 6.61 Å². The standard InChI is InChI=1S/C15H19FO3/c1-2-11-8-15(5-6-18-11)9-13(17)12-7-10(16)3-4-14(12)19-15/h3-4,7,11,13,17H,2,5-6,8-9H2,1H3. The molecule has 0 radical (unpaired) electrons. The number of ether oxygens (including phenoxy) is 2. The summed E-state index contributed by atoms with van der Waals surface area (Å²) in [4.78, 5) is 0. The van der Waals surface area contributed by atoms with Crippen LogP contribution in [0.2, 0.25) is 0 Å². The zero-order valence-corrected chi connectivity index (χ0v) is 11.1. The Kier molecular flexibility index (Phi) is 3.23. The van der Waals surface area contributed by atoms with Gasteiger partial charge < -0.3 is 14.6 Å². The highest BCUT2D eigenvalue weighted by atomic mass is 19.1. The molecule has 3 unspecified atom stereocenters. The molecule has 19 heavy (non-hydrogen) atoms. The van der Waals surface area contributed by atoms with E-state index in [4.69, 9.17) is 9.47 Å². The Morgan fingerprint density at radius 1 is 1.42 bits per heavy atom. The Hall–Kier alpha value is -1.13. The van der Waals surface area contributed by atoms with Crippen LogP contribution in [0.3, 0.4) is 0 Å². The number of halogens is 1. The largest absolute Gasteiger partial charge is 0.487 e. The highest BCUT2D eigenvalue weighted by Gasteiger charge is 2.44. The average molecular weight is 266 g/mol. The van der Waals surface area contributed by atoms with Crippen LogP contribution in [0.25, 0.3) is 0 Å². The first-order chi connectivity index (χ1) is 9.12. The van der Waals surface area contributed by atoms with Crippen molar-refractivity contribution in [1.29, 1.82) is 0 Å². The molecule has 0 aliphatic carbocycles. The molecule has 3 rings (SSSR count). The van der Waals surface area contributed by atoms with Crippen LogP contribution in [-0.4, -0.2) is 23.4 Å². The lowest BCUT2D eigenvalue weighted by atomic mass is 9.80. The van der Waals surface area contributed by atoms with Crippen molar-refractivity contribution < 1.29 is 19.0 Å². The molecule has 3 nitrogen and oxygen atoms in total. The number of aliphatic hydroxyl groups excluding tert-OH is 1. The minimum atomic E-state index is -0.657. The van der Waals surface area contributed by atoms with E-state index in [1.807, 2.05) is 0 Å². The normalized spacial score (nSPS) is 33.8. The van der Waals surface area contributed by atoms with Crippen LogP contribution in [0.4, 0.5) is 4.39 Å². The molecule has 4 heteroatoms. The lowest BCUT2D eigenvalue weighted by Gasteiger charge is -2.45. The van der Waals surface area contributed by atoms with E-state index >= 15 is 0 Å². The molecule has 1 spiro atoms. The Balaban J connectivity index is 1.89. The third-order valence-electron chi connectivity index (χ3n) is 4.19. The second-order valence-corrected chi connectivity index (χ2v) is 5.54. The summed E-state index contributed by atoms with van der Waals surface area (Å²) in [7, 11) is 0. The maximum atomic E-state index is 13.2. The highest BCUT2D eigenvalue weighted by Crippen LogP contribution is 2.45. The maximum absolute atomic E-state index is 13.2. The van der Waals surface area contributed by atoms with Crippen molar-refractivity contribution in [1.82, 2.24) is 0 Å². The third-order valence-corrected chi connectivity index (χ3v) is 4.19. The Morgan fingerprint density at radius 2 is 2.26 bits per heavy atom. The van der Waals surface area contributed by atoms with E-state index in [2.05, 4.69) is 6.92 Å². The van der Waals surface area contributed by atoms with Gasteiger partial charge in [0.25, 0.3) is 0 Å². The summed E-state index contributed by atoms with van der Waals surface area (Å²) in [5.74, 6) is 0.271. The molecule has 1 fully saturated rings. The quantitative estimate of drug-likeness (QED) is 0.849. The van der Waals surface area contributed by atoms with Gasteiger partial charge in [0.2, 0.25) is 0 Å². The van der Waals surface area contributed by atoms with E-state index in [-0.39, 0.29) is 17.5 Å². The second-order valence-electron chi connectivity index (χ2n) is 5.54. The van der Waals surface area contributed by atoms with Crippen LogP contribution in [0.1, 0.15) is 44.3 Å². The van der Waals surface area contributed by atoms with Gasteiger partial charge in [-0.3, -0.25) is 0 Å². The van der Waals surface area contributed by atoms with E-state index in [0.29, 0.717) is 24.3 Å². The maximum Gasteiger partial charge on any atom is 0.126 e. The average Bonchev–Trinajstić information content (AvgIpc) is 2.40. The third kappa shape index (κ3) is 2.35. The number of hydrogen-bond donors (Lipinski definition) is 1. The van der Waals surface area contributed by atoms with E-state index in [1.165, 1.54) is 12.1 Å². The first-order valence-corrected chi connectivity index (χ1v) is 6.90. The summed E-state index contributed by atoms with van der Waals surface area (Å²) < 4.78 is 25.0. The van der Waals surface area contributed by atoms with E-state index in [0.717, 1.165) is 19.3 Å². The molecule has 1 saturated heterocycles. The van der Waals surface area contributed by atoms with E-state index in [1.54, 1.807) is 6.07 Å². The van der Waals surface area contributed by atoms with Gasteiger partial charge in [0, 0.05) is 24.8 Å². The lowest BCUT2D eigenvalue weighted by molar-refractivity contribution is -0.116. The lowest BCUT2D eigenvalue weighted by Crippen LogP contribution is -2.48. The second kappa shape index (κ2) is 4.76. The minimum Gasteiger partial charge on any atom is -0.487 e. The van der Waals surface area contributed by atoms with Gasteiger partial charge in [0.05, 0.1) is 18.8 Å². The van der Waals surface area contributed by atoms with Crippen molar-refractivity contribution in [2.45, 2.75) is 50.4 Å². The molecule has 0 saturated carbocycles. The molecule has 2 heterocycles. The molecule has 2 aliphatic heterocycles.